The zero-order valence-electron chi connectivity index (χ0n) is 14.1. The van der Waals surface area contributed by atoms with Gasteiger partial charge in [-0.3, -0.25) is 9.59 Å². The Morgan fingerprint density at radius 1 is 1.07 bits per heavy atom. The van der Waals surface area contributed by atoms with E-state index < -0.39 is 23.4 Å². The number of aliphatic carboxylic acids is 1. The van der Waals surface area contributed by atoms with Crippen LogP contribution >= 0.6 is 0 Å². The summed E-state index contributed by atoms with van der Waals surface area (Å²) >= 11 is 0. The molecule has 0 aliphatic rings. The molecule has 8 heteroatoms. The normalized spacial score (nSPS) is 10.6. The Morgan fingerprint density at radius 3 is 2.44 bits per heavy atom. The van der Waals surface area contributed by atoms with E-state index in [1.807, 2.05) is 0 Å². The quantitative estimate of drug-likeness (QED) is 0.618. The zero-order chi connectivity index (χ0) is 19.4. The van der Waals surface area contributed by atoms with E-state index in [4.69, 9.17) is 5.11 Å². The maximum absolute atomic E-state index is 13.8. The van der Waals surface area contributed by atoms with Gasteiger partial charge in [0.15, 0.2) is 11.4 Å². The van der Waals surface area contributed by atoms with Crippen molar-refractivity contribution in [3.05, 3.63) is 77.4 Å². The summed E-state index contributed by atoms with van der Waals surface area (Å²) in [6.45, 7) is 0.0638. The molecule has 0 radical (unpaired) electrons. The summed E-state index contributed by atoms with van der Waals surface area (Å²) in [4.78, 5) is 23.3. The van der Waals surface area contributed by atoms with Crippen molar-refractivity contribution in [2.45, 2.75) is 13.0 Å². The molecular weight excluding hydrogens is 353 g/mol. The molecule has 0 saturated carbocycles. The lowest BCUT2D eigenvalue weighted by Crippen LogP contribution is -2.24. The van der Waals surface area contributed by atoms with Crippen LogP contribution in [0.2, 0.25) is 0 Å². The average Bonchev–Trinajstić information content (AvgIpc) is 3.02. The summed E-state index contributed by atoms with van der Waals surface area (Å²) in [5.41, 5.74) is 1.06. The number of nitrogens with one attached hydrogen (secondary N) is 1. The molecule has 0 saturated heterocycles. The molecule has 1 heterocycles. The fraction of sp³-hybridized carbons (Fsp3) is 0.105. The van der Waals surface area contributed by atoms with Crippen molar-refractivity contribution in [1.29, 1.82) is 0 Å². The average molecular weight is 369 g/mol. The van der Waals surface area contributed by atoms with Crippen LogP contribution in [-0.2, 0) is 17.8 Å². The van der Waals surface area contributed by atoms with Crippen molar-refractivity contribution in [3.8, 4) is 11.4 Å². The SMILES string of the molecule is O=C(O)Cc1ccccc1CNC(=O)c1nn(-c2ccccc2F)cc1O. The number of carboxylic acids is 1. The minimum Gasteiger partial charge on any atom is -0.504 e. The second-order valence-corrected chi connectivity index (χ2v) is 5.78. The molecule has 27 heavy (non-hydrogen) atoms. The second kappa shape index (κ2) is 7.69. The highest BCUT2D eigenvalue weighted by Gasteiger charge is 2.18. The van der Waals surface area contributed by atoms with Crippen LogP contribution in [0.15, 0.2) is 54.7 Å². The number of aromatic hydroxyl groups is 1. The number of hydrogen-bond acceptors (Lipinski definition) is 4. The molecule has 138 valence electrons. The molecule has 0 aliphatic carbocycles. The molecule has 0 spiro atoms. The van der Waals surface area contributed by atoms with Crippen molar-refractivity contribution in [2.75, 3.05) is 0 Å². The maximum atomic E-state index is 13.8. The summed E-state index contributed by atoms with van der Waals surface area (Å²) in [5.74, 6) is -2.58. The van der Waals surface area contributed by atoms with E-state index >= 15 is 0 Å². The summed E-state index contributed by atoms with van der Waals surface area (Å²) < 4.78 is 14.9. The third kappa shape index (κ3) is 4.12. The Balaban J connectivity index is 1.76. The maximum Gasteiger partial charge on any atom is 0.307 e. The van der Waals surface area contributed by atoms with Gasteiger partial charge in [0.1, 0.15) is 11.5 Å². The van der Waals surface area contributed by atoms with Crippen LogP contribution in [-0.4, -0.2) is 31.9 Å². The van der Waals surface area contributed by atoms with E-state index in [1.54, 1.807) is 30.3 Å². The highest BCUT2D eigenvalue weighted by atomic mass is 19.1. The number of para-hydroxylation sites is 1. The van der Waals surface area contributed by atoms with Crippen LogP contribution in [0.4, 0.5) is 4.39 Å². The number of halogens is 1. The molecule has 2 aromatic carbocycles. The van der Waals surface area contributed by atoms with E-state index in [0.29, 0.717) is 11.1 Å². The van der Waals surface area contributed by atoms with Crippen LogP contribution in [0.5, 0.6) is 5.75 Å². The Labute approximate surface area is 153 Å². The Hall–Kier alpha value is -3.68. The molecular formula is C19H16FN3O4. The lowest BCUT2D eigenvalue weighted by atomic mass is 10.0. The highest BCUT2D eigenvalue weighted by molar-refractivity contribution is 5.94. The summed E-state index contributed by atoms with van der Waals surface area (Å²) in [6.07, 6.45) is 0.977. The Bertz CT molecular complexity index is 1000. The molecule has 7 nitrogen and oxygen atoms in total. The van der Waals surface area contributed by atoms with Gasteiger partial charge in [-0.2, -0.15) is 5.10 Å². The van der Waals surface area contributed by atoms with E-state index in [0.717, 1.165) is 10.9 Å². The number of rotatable bonds is 6. The minimum absolute atomic E-state index is 0.0638. The number of benzene rings is 2. The predicted octanol–water partition coefficient (Wildman–Crippen LogP) is 2.27. The van der Waals surface area contributed by atoms with E-state index in [1.165, 1.54) is 18.2 Å². The van der Waals surface area contributed by atoms with Gasteiger partial charge in [0.2, 0.25) is 0 Å². The van der Waals surface area contributed by atoms with Crippen LogP contribution < -0.4 is 5.32 Å². The molecule has 0 aliphatic heterocycles. The van der Waals surface area contributed by atoms with Crippen molar-refractivity contribution >= 4 is 11.9 Å². The third-order valence-electron chi connectivity index (χ3n) is 3.91. The van der Waals surface area contributed by atoms with Gasteiger partial charge in [-0.15, -0.1) is 0 Å². The first-order chi connectivity index (χ1) is 13.0. The molecule has 0 bridgehead atoms. The Morgan fingerprint density at radius 2 is 1.74 bits per heavy atom. The van der Waals surface area contributed by atoms with Crippen LogP contribution in [0.1, 0.15) is 21.6 Å². The van der Waals surface area contributed by atoms with Gasteiger partial charge in [-0.25, -0.2) is 9.07 Å². The lowest BCUT2D eigenvalue weighted by molar-refractivity contribution is -0.136. The van der Waals surface area contributed by atoms with E-state index in [9.17, 15) is 19.1 Å². The summed E-state index contributed by atoms with van der Waals surface area (Å²) in [7, 11) is 0. The van der Waals surface area contributed by atoms with Crippen molar-refractivity contribution in [1.82, 2.24) is 15.1 Å². The summed E-state index contributed by atoms with van der Waals surface area (Å²) in [5, 5.41) is 25.5. The topological polar surface area (TPSA) is 104 Å². The molecule has 3 rings (SSSR count). The number of aromatic nitrogens is 2. The van der Waals surface area contributed by atoms with Crippen LogP contribution in [0.25, 0.3) is 5.69 Å². The van der Waals surface area contributed by atoms with Gasteiger partial charge in [-0.05, 0) is 23.3 Å². The van der Waals surface area contributed by atoms with Gasteiger partial charge >= 0.3 is 5.97 Å². The standard InChI is InChI=1S/C19H16FN3O4/c20-14-7-3-4-8-15(14)23-11-16(24)18(22-23)19(27)21-10-13-6-2-1-5-12(13)9-17(25)26/h1-8,11,24H,9-10H2,(H,21,27)(H,25,26). The molecule has 3 aromatic rings. The first-order valence-corrected chi connectivity index (χ1v) is 8.06. The molecule has 0 unspecified atom stereocenters. The molecule has 3 N–H and O–H groups in total. The number of carbonyl (C=O) groups excluding carboxylic acids is 1. The molecule has 1 amide bonds. The Kier molecular flexibility index (Phi) is 5.16. The largest absolute Gasteiger partial charge is 0.504 e. The zero-order valence-corrected chi connectivity index (χ0v) is 14.1. The number of carbonyl (C=O) groups is 2. The first kappa shape index (κ1) is 18.1. The predicted molar refractivity (Wildman–Crippen MR) is 94.1 cm³/mol. The third-order valence-corrected chi connectivity index (χ3v) is 3.91. The van der Waals surface area contributed by atoms with Crippen molar-refractivity contribution in [2.24, 2.45) is 0 Å². The number of hydrogen-bond donors (Lipinski definition) is 3. The van der Waals surface area contributed by atoms with Gasteiger partial charge in [0.05, 0.1) is 12.6 Å². The van der Waals surface area contributed by atoms with Crippen molar-refractivity contribution in [3.63, 3.8) is 0 Å². The highest BCUT2D eigenvalue weighted by Crippen LogP contribution is 2.20. The molecule has 0 atom stereocenters. The first-order valence-electron chi connectivity index (χ1n) is 8.06. The number of nitrogens with zero attached hydrogens (tertiary/aromatic N) is 2. The fourth-order valence-corrected chi connectivity index (χ4v) is 2.61. The van der Waals surface area contributed by atoms with Gasteiger partial charge in [-0.1, -0.05) is 36.4 Å². The van der Waals surface area contributed by atoms with E-state index in [-0.39, 0.29) is 24.3 Å². The fourth-order valence-electron chi connectivity index (χ4n) is 2.61. The smallest absolute Gasteiger partial charge is 0.307 e. The van der Waals surface area contributed by atoms with Gasteiger partial charge in [0.25, 0.3) is 5.91 Å². The van der Waals surface area contributed by atoms with Crippen LogP contribution in [0.3, 0.4) is 0 Å². The minimum atomic E-state index is -0.977. The lowest BCUT2D eigenvalue weighted by Gasteiger charge is -2.08. The van der Waals surface area contributed by atoms with Gasteiger partial charge < -0.3 is 15.5 Å². The van der Waals surface area contributed by atoms with E-state index in [2.05, 4.69) is 10.4 Å². The van der Waals surface area contributed by atoms with Gasteiger partial charge in [0, 0.05) is 6.54 Å². The van der Waals surface area contributed by atoms with Crippen molar-refractivity contribution < 1.29 is 24.2 Å². The monoisotopic (exact) mass is 369 g/mol. The molecule has 0 fully saturated rings. The summed E-state index contributed by atoms with van der Waals surface area (Å²) in [6, 6.07) is 12.7. The second-order valence-electron chi connectivity index (χ2n) is 5.78. The number of amides is 1. The number of carboxylic acid groups (broad SMARTS) is 1. The molecule has 1 aromatic heterocycles. The van der Waals surface area contributed by atoms with Crippen LogP contribution in [0, 0.1) is 5.82 Å².